The third-order valence-corrected chi connectivity index (χ3v) is 3.14. The van der Waals surface area contributed by atoms with Crippen LogP contribution in [0.3, 0.4) is 0 Å². The first-order valence-corrected chi connectivity index (χ1v) is 6.43. The molecule has 0 saturated heterocycles. The smallest absolute Gasteiger partial charge is 0.0500 e. The minimum Gasteiger partial charge on any atom is -0.378 e. The number of nitrogens with one attached hydrogen (secondary N) is 1. The van der Waals surface area contributed by atoms with E-state index < -0.39 is 0 Å². The van der Waals surface area contributed by atoms with Crippen molar-refractivity contribution in [2.45, 2.75) is 32.7 Å². The Labute approximate surface area is 109 Å². The van der Waals surface area contributed by atoms with E-state index in [1.807, 2.05) is 12.3 Å². The van der Waals surface area contributed by atoms with Crippen LogP contribution in [-0.4, -0.2) is 4.98 Å². The van der Waals surface area contributed by atoms with Crippen LogP contribution in [0.4, 0.5) is 5.69 Å². The lowest BCUT2D eigenvalue weighted by Crippen LogP contribution is -2.06. The number of aromatic nitrogens is 1. The number of hydrogen-bond acceptors (Lipinski definition) is 2. The molecular weight excluding hydrogens is 220 g/mol. The first kappa shape index (κ1) is 12.6. The molecule has 0 aliphatic heterocycles. The summed E-state index contributed by atoms with van der Waals surface area (Å²) in [5, 5.41) is 3.48. The predicted molar refractivity (Wildman–Crippen MR) is 76.8 cm³/mol. The number of benzene rings is 1. The maximum atomic E-state index is 4.14. The number of hydrogen-bond donors (Lipinski definition) is 1. The van der Waals surface area contributed by atoms with Crippen LogP contribution in [0.1, 0.15) is 43.9 Å². The van der Waals surface area contributed by atoms with Gasteiger partial charge in [0, 0.05) is 18.1 Å². The minimum absolute atomic E-state index is 0.267. The van der Waals surface area contributed by atoms with E-state index in [1.165, 1.54) is 11.1 Å². The van der Waals surface area contributed by atoms with Gasteiger partial charge in [-0.2, -0.15) is 0 Å². The summed E-state index contributed by atoms with van der Waals surface area (Å²) in [6, 6.07) is 13.0. The van der Waals surface area contributed by atoms with Crippen molar-refractivity contribution in [3.63, 3.8) is 0 Å². The average molecular weight is 240 g/mol. The van der Waals surface area contributed by atoms with Gasteiger partial charge in [-0.1, -0.05) is 32.0 Å². The second-order valence-electron chi connectivity index (χ2n) is 4.93. The molecule has 1 N–H and O–H groups in total. The Balaban J connectivity index is 2.05. The van der Waals surface area contributed by atoms with Gasteiger partial charge in [-0.25, -0.2) is 0 Å². The maximum Gasteiger partial charge on any atom is 0.0500 e. The van der Waals surface area contributed by atoms with Gasteiger partial charge >= 0.3 is 0 Å². The van der Waals surface area contributed by atoms with Crippen LogP contribution in [-0.2, 0) is 0 Å². The van der Waals surface area contributed by atoms with E-state index in [2.05, 4.69) is 61.4 Å². The van der Waals surface area contributed by atoms with Crippen molar-refractivity contribution in [3.05, 3.63) is 59.9 Å². The van der Waals surface area contributed by atoms with E-state index in [4.69, 9.17) is 0 Å². The van der Waals surface area contributed by atoms with Gasteiger partial charge in [-0.15, -0.1) is 0 Å². The molecular formula is C16H20N2. The fourth-order valence-electron chi connectivity index (χ4n) is 1.93. The van der Waals surface area contributed by atoms with Crippen molar-refractivity contribution in [2.24, 2.45) is 0 Å². The zero-order valence-corrected chi connectivity index (χ0v) is 11.2. The Morgan fingerprint density at radius 3 is 2.22 bits per heavy atom. The highest BCUT2D eigenvalue weighted by Crippen LogP contribution is 2.21. The van der Waals surface area contributed by atoms with Gasteiger partial charge in [0.2, 0.25) is 0 Å². The Morgan fingerprint density at radius 1 is 0.944 bits per heavy atom. The topological polar surface area (TPSA) is 24.9 Å². The van der Waals surface area contributed by atoms with E-state index in [1.54, 1.807) is 6.20 Å². The standard InChI is InChI=1S/C16H20N2/c1-12(2)14-6-8-16(9-7-14)18-13(3)15-5-4-10-17-11-15/h4-13,18H,1-3H3. The summed E-state index contributed by atoms with van der Waals surface area (Å²) >= 11 is 0. The van der Waals surface area contributed by atoms with Crippen LogP contribution in [0.5, 0.6) is 0 Å². The van der Waals surface area contributed by atoms with Crippen molar-refractivity contribution >= 4 is 5.69 Å². The van der Waals surface area contributed by atoms with Gasteiger partial charge in [-0.3, -0.25) is 4.98 Å². The predicted octanol–water partition coefficient (Wildman–Crippen LogP) is 4.38. The number of rotatable bonds is 4. The van der Waals surface area contributed by atoms with Gasteiger partial charge < -0.3 is 5.32 Å². The Morgan fingerprint density at radius 2 is 1.67 bits per heavy atom. The van der Waals surface area contributed by atoms with Crippen LogP contribution in [0, 0.1) is 0 Å². The van der Waals surface area contributed by atoms with Crippen molar-refractivity contribution in [3.8, 4) is 0 Å². The lowest BCUT2D eigenvalue weighted by Gasteiger charge is -2.16. The number of nitrogens with zero attached hydrogens (tertiary/aromatic N) is 1. The minimum atomic E-state index is 0.267. The van der Waals surface area contributed by atoms with Gasteiger partial charge in [0.05, 0.1) is 6.04 Å². The molecule has 0 radical (unpaired) electrons. The normalized spacial score (nSPS) is 12.4. The van der Waals surface area contributed by atoms with E-state index >= 15 is 0 Å². The number of pyridine rings is 1. The quantitative estimate of drug-likeness (QED) is 0.858. The largest absolute Gasteiger partial charge is 0.378 e. The van der Waals surface area contributed by atoms with Crippen LogP contribution in [0.15, 0.2) is 48.8 Å². The van der Waals surface area contributed by atoms with Gasteiger partial charge in [-0.05, 0) is 42.2 Å². The summed E-state index contributed by atoms with van der Waals surface area (Å²) in [5.41, 5.74) is 3.72. The second kappa shape index (κ2) is 5.67. The third kappa shape index (κ3) is 3.10. The van der Waals surface area contributed by atoms with Crippen molar-refractivity contribution in [1.82, 2.24) is 4.98 Å². The highest BCUT2D eigenvalue weighted by atomic mass is 14.9. The molecule has 2 aromatic rings. The van der Waals surface area contributed by atoms with E-state index in [0.717, 1.165) is 5.69 Å². The summed E-state index contributed by atoms with van der Waals surface area (Å²) in [6.07, 6.45) is 3.70. The SMILES string of the molecule is CC(C)c1ccc(NC(C)c2cccnc2)cc1. The van der Waals surface area contributed by atoms with Gasteiger partial charge in [0.15, 0.2) is 0 Å². The molecule has 0 spiro atoms. The zero-order valence-electron chi connectivity index (χ0n) is 11.2. The van der Waals surface area contributed by atoms with E-state index in [9.17, 15) is 0 Å². The monoisotopic (exact) mass is 240 g/mol. The lowest BCUT2D eigenvalue weighted by atomic mass is 10.0. The molecule has 94 valence electrons. The average Bonchev–Trinajstić information content (AvgIpc) is 2.40. The molecule has 0 bridgehead atoms. The second-order valence-corrected chi connectivity index (χ2v) is 4.93. The maximum absolute atomic E-state index is 4.14. The molecule has 2 heteroatoms. The molecule has 18 heavy (non-hydrogen) atoms. The summed E-state index contributed by atoms with van der Waals surface area (Å²) in [6.45, 7) is 6.56. The first-order valence-electron chi connectivity index (χ1n) is 6.43. The van der Waals surface area contributed by atoms with Gasteiger partial charge in [0.25, 0.3) is 0 Å². The molecule has 0 saturated carbocycles. The molecule has 0 fully saturated rings. The Bertz CT molecular complexity index is 474. The first-order chi connectivity index (χ1) is 8.66. The third-order valence-electron chi connectivity index (χ3n) is 3.14. The molecule has 1 aromatic carbocycles. The molecule has 1 atom stereocenters. The van der Waals surface area contributed by atoms with E-state index in [-0.39, 0.29) is 6.04 Å². The molecule has 0 amide bonds. The van der Waals surface area contributed by atoms with Crippen LogP contribution < -0.4 is 5.32 Å². The number of anilines is 1. The van der Waals surface area contributed by atoms with Gasteiger partial charge in [0.1, 0.15) is 0 Å². The van der Waals surface area contributed by atoms with Crippen molar-refractivity contribution < 1.29 is 0 Å². The molecule has 0 aliphatic carbocycles. The Kier molecular flexibility index (Phi) is 3.98. The van der Waals surface area contributed by atoms with E-state index in [0.29, 0.717) is 5.92 Å². The molecule has 1 heterocycles. The molecule has 2 nitrogen and oxygen atoms in total. The molecule has 2 rings (SSSR count). The summed E-state index contributed by atoms with van der Waals surface area (Å²) < 4.78 is 0. The fourth-order valence-corrected chi connectivity index (χ4v) is 1.93. The highest BCUT2D eigenvalue weighted by molar-refractivity contribution is 5.46. The Hall–Kier alpha value is -1.83. The van der Waals surface area contributed by atoms with Crippen LogP contribution >= 0.6 is 0 Å². The van der Waals surface area contributed by atoms with Crippen molar-refractivity contribution in [2.75, 3.05) is 5.32 Å². The summed E-state index contributed by atoms with van der Waals surface area (Å²) in [5.74, 6) is 0.579. The molecule has 1 unspecified atom stereocenters. The summed E-state index contributed by atoms with van der Waals surface area (Å²) in [4.78, 5) is 4.14. The highest BCUT2D eigenvalue weighted by Gasteiger charge is 2.05. The van der Waals surface area contributed by atoms with Crippen LogP contribution in [0.2, 0.25) is 0 Å². The fraction of sp³-hybridized carbons (Fsp3) is 0.312. The lowest BCUT2D eigenvalue weighted by molar-refractivity contribution is 0.861. The molecule has 0 aliphatic rings. The zero-order chi connectivity index (χ0) is 13.0. The summed E-state index contributed by atoms with van der Waals surface area (Å²) in [7, 11) is 0. The van der Waals surface area contributed by atoms with Crippen molar-refractivity contribution in [1.29, 1.82) is 0 Å². The molecule has 1 aromatic heterocycles. The van der Waals surface area contributed by atoms with Crippen LogP contribution in [0.25, 0.3) is 0 Å².